The van der Waals surface area contributed by atoms with Crippen molar-refractivity contribution in [1.82, 2.24) is 10.2 Å². The van der Waals surface area contributed by atoms with Gasteiger partial charge in [-0.3, -0.25) is 0 Å². The lowest BCUT2D eigenvalue weighted by molar-refractivity contribution is 0.187. The summed E-state index contributed by atoms with van der Waals surface area (Å²) in [5, 5.41) is 3.55. The number of hydrogen-bond donors (Lipinski definition) is 1. The number of rotatable bonds is 8. The highest BCUT2D eigenvalue weighted by molar-refractivity contribution is 4.77. The standard InChI is InChI=1S/C15H32N2/c1-4-6-10-17(11-7-5-2)13-15-8-9-16-14(3)12-15/h14-16H,4-13H2,1-3H3. The Morgan fingerprint density at radius 3 is 2.29 bits per heavy atom. The normalized spacial score (nSPS) is 25.4. The van der Waals surface area contributed by atoms with E-state index in [2.05, 4.69) is 31.0 Å². The second-order valence-electron chi connectivity index (χ2n) is 5.75. The largest absolute Gasteiger partial charge is 0.314 e. The Balaban J connectivity index is 2.29. The van der Waals surface area contributed by atoms with Crippen molar-refractivity contribution < 1.29 is 0 Å². The van der Waals surface area contributed by atoms with E-state index in [0.29, 0.717) is 0 Å². The first kappa shape index (κ1) is 15.0. The van der Waals surface area contributed by atoms with Crippen molar-refractivity contribution in [2.45, 2.75) is 65.3 Å². The van der Waals surface area contributed by atoms with Gasteiger partial charge in [0, 0.05) is 12.6 Å². The molecule has 0 aromatic heterocycles. The van der Waals surface area contributed by atoms with Crippen molar-refractivity contribution >= 4 is 0 Å². The van der Waals surface area contributed by atoms with Gasteiger partial charge in [0.25, 0.3) is 0 Å². The van der Waals surface area contributed by atoms with E-state index in [1.54, 1.807) is 0 Å². The van der Waals surface area contributed by atoms with E-state index in [0.717, 1.165) is 12.0 Å². The minimum absolute atomic E-state index is 0.730. The Morgan fingerprint density at radius 2 is 1.76 bits per heavy atom. The van der Waals surface area contributed by atoms with Crippen LogP contribution in [0.3, 0.4) is 0 Å². The fourth-order valence-corrected chi connectivity index (χ4v) is 2.82. The molecule has 0 saturated carbocycles. The molecular formula is C15H32N2. The molecule has 2 nitrogen and oxygen atoms in total. The summed E-state index contributed by atoms with van der Waals surface area (Å²) in [4.78, 5) is 2.72. The van der Waals surface area contributed by atoms with Gasteiger partial charge < -0.3 is 10.2 Å². The molecule has 1 aliphatic rings. The summed E-state index contributed by atoms with van der Waals surface area (Å²) in [7, 11) is 0. The van der Waals surface area contributed by atoms with Crippen molar-refractivity contribution in [3.8, 4) is 0 Å². The van der Waals surface area contributed by atoms with Crippen LogP contribution in [0.4, 0.5) is 0 Å². The lowest BCUT2D eigenvalue weighted by Crippen LogP contribution is -2.41. The van der Waals surface area contributed by atoms with Gasteiger partial charge >= 0.3 is 0 Å². The molecule has 1 heterocycles. The fourth-order valence-electron chi connectivity index (χ4n) is 2.82. The summed E-state index contributed by atoms with van der Waals surface area (Å²) in [6.07, 6.45) is 8.12. The van der Waals surface area contributed by atoms with E-state index in [9.17, 15) is 0 Å². The van der Waals surface area contributed by atoms with Gasteiger partial charge in [-0.2, -0.15) is 0 Å². The average Bonchev–Trinajstić information content (AvgIpc) is 2.32. The van der Waals surface area contributed by atoms with Crippen LogP contribution in [0.1, 0.15) is 59.3 Å². The van der Waals surface area contributed by atoms with Crippen LogP contribution in [0, 0.1) is 5.92 Å². The lowest BCUT2D eigenvalue weighted by atomic mass is 9.92. The highest BCUT2D eigenvalue weighted by Gasteiger charge is 2.20. The van der Waals surface area contributed by atoms with Gasteiger partial charge in [0.05, 0.1) is 0 Å². The Morgan fingerprint density at radius 1 is 1.12 bits per heavy atom. The predicted molar refractivity (Wildman–Crippen MR) is 76.4 cm³/mol. The summed E-state index contributed by atoms with van der Waals surface area (Å²) in [5.74, 6) is 0.931. The monoisotopic (exact) mass is 240 g/mol. The molecule has 17 heavy (non-hydrogen) atoms. The van der Waals surface area contributed by atoms with Crippen LogP contribution < -0.4 is 5.32 Å². The fraction of sp³-hybridized carbons (Fsp3) is 1.00. The topological polar surface area (TPSA) is 15.3 Å². The van der Waals surface area contributed by atoms with Gasteiger partial charge in [-0.15, -0.1) is 0 Å². The maximum Gasteiger partial charge on any atom is 0.00418 e. The van der Waals surface area contributed by atoms with Gasteiger partial charge in [-0.1, -0.05) is 26.7 Å². The predicted octanol–water partition coefficient (Wildman–Crippen LogP) is 3.28. The molecule has 0 aliphatic carbocycles. The molecule has 2 unspecified atom stereocenters. The maximum atomic E-state index is 3.55. The van der Waals surface area contributed by atoms with E-state index in [1.165, 1.54) is 64.7 Å². The minimum Gasteiger partial charge on any atom is -0.314 e. The first-order valence-corrected chi connectivity index (χ1v) is 7.72. The van der Waals surface area contributed by atoms with E-state index >= 15 is 0 Å². The molecule has 1 aliphatic heterocycles. The van der Waals surface area contributed by atoms with Crippen molar-refractivity contribution in [2.75, 3.05) is 26.2 Å². The molecule has 102 valence electrons. The molecule has 0 radical (unpaired) electrons. The Kier molecular flexibility index (Phi) is 7.87. The van der Waals surface area contributed by atoms with Crippen LogP contribution in [0.2, 0.25) is 0 Å². The first-order chi connectivity index (χ1) is 8.26. The zero-order valence-electron chi connectivity index (χ0n) is 12.2. The Hall–Kier alpha value is -0.0800. The van der Waals surface area contributed by atoms with Gasteiger partial charge in [0.2, 0.25) is 0 Å². The van der Waals surface area contributed by atoms with E-state index in [-0.39, 0.29) is 0 Å². The molecule has 0 amide bonds. The van der Waals surface area contributed by atoms with Crippen LogP contribution in [0.5, 0.6) is 0 Å². The zero-order chi connectivity index (χ0) is 12.5. The van der Waals surface area contributed by atoms with Crippen LogP contribution >= 0.6 is 0 Å². The Bertz CT molecular complexity index is 174. The molecule has 1 rings (SSSR count). The third kappa shape index (κ3) is 6.42. The molecule has 0 spiro atoms. The SMILES string of the molecule is CCCCN(CCCC)CC1CCNC(C)C1. The van der Waals surface area contributed by atoms with Gasteiger partial charge in [-0.05, 0) is 58.2 Å². The van der Waals surface area contributed by atoms with Crippen LogP contribution in [-0.2, 0) is 0 Å². The number of piperidine rings is 1. The molecule has 2 atom stereocenters. The number of nitrogens with one attached hydrogen (secondary N) is 1. The van der Waals surface area contributed by atoms with Crippen molar-refractivity contribution in [3.05, 3.63) is 0 Å². The molecule has 1 saturated heterocycles. The molecule has 2 heteroatoms. The van der Waals surface area contributed by atoms with Gasteiger partial charge in [-0.25, -0.2) is 0 Å². The molecule has 0 aromatic rings. The second-order valence-corrected chi connectivity index (χ2v) is 5.75. The van der Waals surface area contributed by atoms with Gasteiger partial charge in [0.15, 0.2) is 0 Å². The number of hydrogen-bond acceptors (Lipinski definition) is 2. The number of nitrogens with zero attached hydrogens (tertiary/aromatic N) is 1. The quantitative estimate of drug-likeness (QED) is 0.700. The molecule has 0 bridgehead atoms. The molecule has 1 fully saturated rings. The summed E-state index contributed by atoms with van der Waals surface area (Å²) >= 11 is 0. The van der Waals surface area contributed by atoms with Crippen molar-refractivity contribution in [2.24, 2.45) is 5.92 Å². The maximum absolute atomic E-state index is 3.55. The van der Waals surface area contributed by atoms with Crippen molar-refractivity contribution in [3.63, 3.8) is 0 Å². The van der Waals surface area contributed by atoms with E-state index in [1.807, 2.05) is 0 Å². The summed E-state index contributed by atoms with van der Waals surface area (Å²) in [6, 6.07) is 0.730. The van der Waals surface area contributed by atoms with Gasteiger partial charge in [0.1, 0.15) is 0 Å². The highest BCUT2D eigenvalue weighted by atomic mass is 15.1. The first-order valence-electron chi connectivity index (χ1n) is 7.72. The molecule has 1 N–H and O–H groups in total. The molecular weight excluding hydrogens is 208 g/mol. The lowest BCUT2D eigenvalue weighted by Gasteiger charge is -2.32. The Labute approximate surface area is 108 Å². The highest BCUT2D eigenvalue weighted by Crippen LogP contribution is 2.18. The van der Waals surface area contributed by atoms with E-state index < -0.39 is 0 Å². The molecule has 0 aromatic carbocycles. The smallest absolute Gasteiger partial charge is 0.00418 e. The second kappa shape index (κ2) is 8.93. The summed E-state index contributed by atoms with van der Waals surface area (Å²) < 4.78 is 0. The number of unbranched alkanes of at least 4 members (excludes halogenated alkanes) is 2. The summed E-state index contributed by atoms with van der Waals surface area (Å²) in [5.41, 5.74) is 0. The average molecular weight is 240 g/mol. The third-order valence-corrected chi connectivity index (χ3v) is 3.90. The van der Waals surface area contributed by atoms with Crippen molar-refractivity contribution in [1.29, 1.82) is 0 Å². The van der Waals surface area contributed by atoms with Crippen LogP contribution in [0.15, 0.2) is 0 Å². The third-order valence-electron chi connectivity index (χ3n) is 3.90. The van der Waals surface area contributed by atoms with E-state index in [4.69, 9.17) is 0 Å². The zero-order valence-corrected chi connectivity index (χ0v) is 12.2. The van der Waals surface area contributed by atoms with Crippen LogP contribution in [0.25, 0.3) is 0 Å². The minimum atomic E-state index is 0.730. The van der Waals surface area contributed by atoms with Crippen LogP contribution in [-0.4, -0.2) is 37.1 Å². The summed E-state index contributed by atoms with van der Waals surface area (Å²) in [6.45, 7) is 12.1.